The highest BCUT2D eigenvalue weighted by atomic mass is 19.4. The Morgan fingerprint density at radius 3 is 2.28 bits per heavy atom. The molecule has 162 valence electrons. The zero-order valence-corrected chi connectivity index (χ0v) is 16.8. The fourth-order valence-electron chi connectivity index (χ4n) is 3.23. The summed E-state index contributed by atoms with van der Waals surface area (Å²) in [5.41, 5.74) is -1.83. The monoisotopic (exact) mass is 417 g/mol. The smallest absolute Gasteiger partial charge is 0.352 e. The van der Waals surface area contributed by atoms with E-state index in [0.717, 1.165) is 18.9 Å². The molecule has 0 bridgehead atoms. The number of alkyl halides is 3. The van der Waals surface area contributed by atoms with Gasteiger partial charge in [0.1, 0.15) is 5.82 Å². The van der Waals surface area contributed by atoms with Crippen molar-refractivity contribution < 1.29 is 27.2 Å². The Bertz CT molecular complexity index is 736. The first-order valence-electron chi connectivity index (χ1n) is 9.53. The van der Waals surface area contributed by atoms with Gasteiger partial charge in [-0.25, -0.2) is 4.39 Å². The highest BCUT2D eigenvalue weighted by Crippen LogP contribution is 2.30. The predicted molar refractivity (Wildman–Crippen MR) is 101 cm³/mol. The van der Waals surface area contributed by atoms with Crippen molar-refractivity contribution in [2.75, 3.05) is 26.2 Å². The van der Waals surface area contributed by atoms with Crippen LogP contribution in [-0.2, 0) is 11.0 Å². The Morgan fingerprint density at radius 1 is 1.10 bits per heavy atom. The van der Waals surface area contributed by atoms with E-state index in [0.29, 0.717) is 38.3 Å². The third kappa shape index (κ3) is 7.64. The summed E-state index contributed by atoms with van der Waals surface area (Å²) in [5.74, 6) is -1.74. The number of hydrogen-bond acceptors (Lipinski definition) is 3. The van der Waals surface area contributed by atoms with E-state index in [2.05, 4.69) is 10.6 Å². The lowest BCUT2D eigenvalue weighted by Gasteiger charge is -2.32. The first-order valence-corrected chi connectivity index (χ1v) is 9.53. The van der Waals surface area contributed by atoms with Gasteiger partial charge in [-0.1, -0.05) is 0 Å². The molecule has 0 radical (unpaired) electrons. The number of nitrogens with zero attached hydrogens (tertiary/aromatic N) is 1. The second kappa shape index (κ2) is 9.11. The summed E-state index contributed by atoms with van der Waals surface area (Å²) in [5, 5.41) is 5.50. The fourth-order valence-corrected chi connectivity index (χ4v) is 3.23. The lowest BCUT2D eigenvalue weighted by Crippen LogP contribution is -2.48. The minimum Gasteiger partial charge on any atom is -0.352 e. The van der Waals surface area contributed by atoms with Crippen molar-refractivity contribution in [3.05, 3.63) is 35.1 Å². The Labute approximate surface area is 167 Å². The second-order valence-corrected chi connectivity index (χ2v) is 8.45. The van der Waals surface area contributed by atoms with Crippen LogP contribution in [-0.4, -0.2) is 48.4 Å². The molecule has 9 heteroatoms. The Hall–Kier alpha value is -2.16. The van der Waals surface area contributed by atoms with Crippen LogP contribution >= 0.6 is 0 Å². The van der Waals surface area contributed by atoms with E-state index in [4.69, 9.17) is 0 Å². The summed E-state index contributed by atoms with van der Waals surface area (Å²) in [7, 11) is 0. The minimum absolute atomic E-state index is 0.0455. The third-order valence-corrected chi connectivity index (χ3v) is 4.63. The number of likely N-dealkylation sites (tertiary alicyclic amines) is 1. The highest BCUT2D eigenvalue weighted by Gasteiger charge is 2.32. The van der Waals surface area contributed by atoms with Crippen molar-refractivity contribution in [1.82, 2.24) is 15.5 Å². The molecule has 0 spiro atoms. The SMILES string of the molecule is CC(C)(C)NC(=O)CN1CCC(CNC(=O)c2cc(F)cc(C(F)(F)F)c2)CC1. The molecular formula is C20H27F4N3O2. The molecule has 29 heavy (non-hydrogen) atoms. The molecule has 2 N–H and O–H groups in total. The molecule has 2 amide bonds. The average molecular weight is 417 g/mol. The molecule has 5 nitrogen and oxygen atoms in total. The average Bonchev–Trinajstić information content (AvgIpc) is 2.58. The van der Waals surface area contributed by atoms with Crippen LogP contribution in [0.25, 0.3) is 0 Å². The molecule has 0 atom stereocenters. The van der Waals surface area contributed by atoms with Crippen LogP contribution in [0.15, 0.2) is 18.2 Å². The summed E-state index contributed by atoms with van der Waals surface area (Å²) in [4.78, 5) is 26.2. The number of piperidine rings is 1. The molecule has 1 aromatic carbocycles. The normalized spacial score (nSPS) is 16.5. The van der Waals surface area contributed by atoms with Gasteiger partial charge < -0.3 is 10.6 Å². The molecule has 0 aromatic heterocycles. The number of carbonyl (C=O) groups is 2. The second-order valence-electron chi connectivity index (χ2n) is 8.45. The molecule has 1 aliphatic rings. The van der Waals surface area contributed by atoms with E-state index in [1.807, 2.05) is 25.7 Å². The van der Waals surface area contributed by atoms with Crippen LogP contribution in [0, 0.1) is 11.7 Å². The number of nitrogens with one attached hydrogen (secondary N) is 2. The molecule has 1 heterocycles. The molecule has 2 rings (SSSR count). The van der Waals surface area contributed by atoms with Gasteiger partial charge >= 0.3 is 6.18 Å². The predicted octanol–water partition coefficient (Wildman–Crippen LogP) is 3.20. The van der Waals surface area contributed by atoms with E-state index in [1.165, 1.54) is 0 Å². The van der Waals surface area contributed by atoms with Crippen molar-refractivity contribution in [3.8, 4) is 0 Å². The van der Waals surface area contributed by atoms with Crippen LogP contribution < -0.4 is 10.6 Å². The Morgan fingerprint density at radius 2 is 1.72 bits per heavy atom. The number of amides is 2. The highest BCUT2D eigenvalue weighted by molar-refractivity contribution is 5.94. The molecule has 0 aliphatic carbocycles. The van der Waals surface area contributed by atoms with Gasteiger partial charge in [-0.05, 0) is 70.8 Å². The van der Waals surface area contributed by atoms with Crippen LogP contribution in [0.1, 0.15) is 49.5 Å². The maximum absolute atomic E-state index is 13.4. The van der Waals surface area contributed by atoms with Gasteiger partial charge in [-0.3, -0.25) is 14.5 Å². The summed E-state index contributed by atoms with van der Waals surface area (Å²) in [6.07, 6.45) is -3.22. The van der Waals surface area contributed by atoms with E-state index in [-0.39, 0.29) is 22.9 Å². The largest absolute Gasteiger partial charge is 0.416 e. The van der Waals surface area contributed by atoms with Crippen LogP contribution in [0.4, 0.5) is 17.6 Å². The van der Waals surface area contributed by atoms with Crippen molar-refractivity contribution in [2.24, 2.45) is 5.92 Å². The van der Waals surface area contributed by atoms with Gasteiger partial charge in [0.2, 0.25) is 5.91 Å². The molecule has 1 fully saturated rings. The number of carbonyl (C=O) groups excluding carboxylic acids is 2. The van der Waals surface area contributed by atoms with Crippen LogP contribution in [0.3, 0.4) is 0 Å². The fraction of sp³-hybridized carbons (Fsp3) is 0.600. The van der Waals surface area contributed by atoms with Gasteiger partial charge in [-0.2, -0.15) is 13.2 Å². The third-order valence-electron chi connectivity index (χ3n) is 4.63. The zero-order chi connectivity index (χ0) is 21.8. The summed E-state index contributed by atoms with van der Waals surface area (Å²) < 4.78 is 51.8. The summed E-state index contributed by atoms with van der Waals surface area (Å²) in [6, 6.07) is 1.80. The molecular weight excluding hydrogens is 390 g/mol. The maximum atomic E-state index is 13.4. The van der Waals surface area contributed by atoms with Crippen molar-refractivity contribution in [3.63, 3.8) is 0 Å². The number of benzene rings is 1. The molecule has 1 saturated heterocycles. The zero-order valence-electron chi connectivity index (χ0n) is 16.8. The minimum atomic E-state index is -4.72. The van der Waals surface area contributed by atoms with Crippen molar-refractivity contribution in [1.29, 1.82) is 0 Å². The molecule has 1 aromatic rings. The molecule has 0 unspecified atom stereocenters. The van der Waals surface area contributed by atoms with Crippen LogP contribution in [0.5, 0.6) is 0 Å². The summed E-state index contributed by atoms with van der Waals surface area (Å²) in [6.45, 7) is 7.72. The first-order chi connectivity index (χ1) is 13.3. The number of halogens is 4. The molecule has 1 aliphatic heterocycles. The van der Waals surface area contributed by atoms with E-state index in [1.54, 1.807) is 0 Å². The Balaban J connectivity index is 1.81. The van der Waals surface area contributed by atoms with Gasteiger partial charge in [0.15, 0.2) is 0 Å². The number of hydrogen-bond donors (Lipinski definition) is 2. The van der Waals surface area contributed by atoms with Crippen molar-refractivity contribution in [2.45, 2.75) is 45.3 Å². The standard InChI is InChI=1S/C20H27F4N3O2/c1-19(2,3)26-17(28)12-27-6-4-13(5-7-27)11-25-18(29)14-8-15(20(22,23)24)10-16(21)9-14/h8-10,13H,4-7,11-12H2,1-3H3,(H,25,29)(H,26,28). The van der Waals surface area contributed by atoms with Gasteiger partial charge in [0.05, 0.1) is 12.1 Å². The Kier molecular flexibility index (Phi) is 7.26. The first kappa shape index (κ1) is 23.1. The summed E-state index contributed by atoms with van der Waals surface area (Å²) >= 11 is 0. The lowest BCUT2D eigenvalue weighted by atomic mass is 9.96. The van der Waals surface area contributed by atoms with Gasteiger partial charge in [-0.15, -0.1) is 0 Å². The number of rotatable bonds is 5. The molecule has 0 saturated carbocycles. The lowest BCUT2D eigenvalue weighted by molar-refractivity contribution is -0.137. The van der Waals surface area contributed by atoms with Crippen molar-refractivity contribution >= 4 is 11.8 Å². The maximum Gasteiger partial charge on any atom is 0.416 e. The quantitative estimate of drug-likeness (QED) is 0.724. The topological polar surface area (TPSA) is 61.4 Å². The van der Waals surface area contributed by atoms with E-state index in [9.17, 15) is 27.2 Å². The van der Waals surface area contributed by atoms with Crippen LogP contribution in [0.2, 0.25) is 0 Å². The van der Waals surface area contributed by atoms with Gasteiger partial charge in [0, 0.05) is 17.6 Å². The van der Waals surface area contributed by atoms with Gasteiger partial charge in [0.25, 0.3) is 5.91 Å². The van der Waals surface area contributed by atoms with E-state index < -0.39 is 23.5 Å². The van der Waals surface area contributed by atoms with E-state index >= 15 is 0 Å².